The molecule has 1 rings (SSSR count). The maximum absolute atomic E-state index is 10.6. The van der Waals surface area contributed by atoms with Crippen LogP contribution in [0.5, 0.6) is 5.75 Å². The van der Waals surface area contributed by atoms with Gasteiger partial charge in [-0.25, -0.2) is 9.78 Å². The van der Waals surface area contributed by atoms with E-state index in [2.05, 4.69) is 4.98 Å². The van der Waals surface area contributed by atoms with Crippen LogP contribution in [-0.4, -0.2) is 21.7 Å². The first kappa shape index (κ1) is 11.5. The maximum Gasteiger partial charge on any atom is 0.354 e. The minimum absolute atomic E-state index is 0.0247. The molecule has 0 aromatic carbocycles. The molecular weight excluding hydrogens is 194 g/mol. The fourth-order valence-corrected chi connectivity index (χ4v) is 0.958. The first-order chi connectivity index (χ1) is 6.94. The highest BCUT2D eigenvalue weighted by Crippen LogP contribution is 2.19. The van der Waals surface area contributed by atoms with Crippen molar-refractivity contribution in [2.75, 3.05) is 0 Å². The molecular formula is C11H15NO3. The smallest absolute Gasteiger partial charge is 0.354 e. The van der Waals surface area contributed by atoms with Gasteiger partial charge in [0.1, 0.15) is 17.0 Å². The Labute approximate surface area is 88.9 Å². The van der Waals surface area contributed by atoms with Gasteiger partial charge in [-0.1, -0.05) is 6.92 Å². The number of aromatic carboxylic acids is 1. The van der Waals surface area contributed by atoms with Crippen molar-refractivity contribution in [3.63, 3.8) is 0 Å². The Morgan fingerprint density at radius 1 is 1.53 bits per heavy atom. The number of carboxylic acid groups (broad SMARTS) is 1. The molecule has 0 atom stereocenters. The highest BCUT2D eigenvalue weighted by molar-refractivity contribution is 5.85. The SMILES string of the molecule is CCC(C)(C)Oc1ccc(C(=O)O)nc1. The highest BCUT2D eigenvalue weighted by atomic mass is 16.5. The molecule has 1 aromatic heterocycles. The Kier molecular flexibility index (Phi) is 3.29. The Morgan fingerprint density at radius 2 is 2.20 bits per heavy atom. The van der Waals surface area contributed by atoms with E-state index in [1.54, 1.807) is 6.07 Å². The van der Waals surface area contributed by atoms with Gasteiger partial charge in [0, 0.05) is 0 Å². The topological polar surface area (TPSA) is 59.4 Å². The molecule has 1 aromatic rings. The number of rotatable bonds is 4. The summed E-state index contributed by atoms with van der Waals surface area (Å²) in [4.78, 5) is 14.3. The molecule has 0 spiro atoms. The van der Waals surface area contributed by atoms with Crippen LogP contribution in [0.3, 0.4) is 0 Å². The second-order valence-electron chi connectivity index (χ2n) is 3.90. The molecule has 0 fully saturated rings. The summed E-state index contributed by atoms with van der Waals surface area (Å²) in [5.74, 6) is -0.442. The Morgan fingerprint density at radius 3 is 2.60 bits per heavy atom. The van der Waals surface area contributed by atoms with E-state index in [0.717, 1.165) is 6.42 Å². The van der Waals surface area contributed by atoms with E-state index < -0.39 is 5.97 Å². The van der Waals surface area contributed by atoms with Gasteiger partial charge in [-0.05, 0) is 32.4 Å². The van der Waals surface area contributed by atoms with E-state index in [9.17, 15) is 4.79 Å². The van der Waals surface area contributed by atoms with E-state index in [1.165, 1.54) is 12.3 Å². The van der Waals surface area contributed by atoms with E-state index >= 15 is 0 Å². The molecule has 0 aliphatic rings. The Bertz CT molecular complexity index is 343. The first-order valence-corrected chi connectivity index (χ1v) is 4.83. The van der Waals surface area contributed by atoms with Gasteiger partial charge < -0.3 is 9.84 Å². The van der Waals surface area contributed by atoms with Crippen molar-refractivity contribution in [2.45, 2.75) is 32.8 Å². The zero-order chi connectivity index (χ0) is 11.5. The van der Waals surface area contributed by atoms with Crippen LogP contribution in [0.2, 0.25) is 0 Å². The van der Waals surface area contributed by atoms with E-state index in [4.69, 9.17) is 9.84 Å². The predicted molar refractivity (Wildman–Crippen MR) is 56.2 cm³/mol. The van der Waals surface area contributed by atoms with Gasteiger partial charge in [-0.2, -0.15) is 0 Å². The molecule has 0 radical (unpaired) electrons. The van der Waals surface area contributed by atoms with Crippen LogP contribution in [-0.2, 0) is 0 Å². The summed E-state index contributed by atoms with van der Waals surface area (Å²) in [5.41, 5.74) is -0.233. The van der Waals surface area contributed by atoms with E-state index in [1.807, 2.05) is 20.8 Å². The molecule has 15 heavy (non-hydrogen) atoms. The molecule has 0 aliphatic heterocycles. The van der Waals surface area contributed by atoms with Gasteiger partial charge in [0.2, 0.25) is 0 Å². The largest absolute Gasteiger partial charge is 0.486 e. The standard InChI is InChI=1S/C11H15NO3/c1-4-11(2,3)15-8-5-6-9(10(13)14)12-7-8/h5-7H,4H2,1-3H3,(H,13,14). The number of nitrogens with zero attached hydrogens (tertiary/aromatic N) is 1. The summed E-state index contributed by atoms with van der Waals surface area (Å²) in [6.07, 6.45) is 2.30. The lowest BCUT2D eigenvalue weighted by atomic mass is 10.1. The lowest BCUT2D eigenvalue weighted by molar-refractivity contribution is 0.0690. The number of aromatic nitrogens is 1. The number of carbonyl (C=O) groups is 1. The van der Waals surface area contributed by atoms with Crippen molar-refractivity contribution in [2.24, 2.45) is 0 Å². The lowest BCUT2D eigenvalue weighted by Crippen LogP contribution is -2.26. The second-order valence-corrected chi connectivity index (χ2v) is 3.90. The van der Waals surface area contributed by atoms with Crippen LogP contribution in [0.4, 0.5) is 0 Å². The number of hydrogen-bond donors (Lipinski definition) is 1. The molecule has 4 nitrogen and oxygen atoms in total. The van der Waals surface area contributed by atoms with Crippen LogP contribution >= 0.6 is 0 Å². The quantitative estimate of drug-likeness (QED) is 0.826. The van der Waals surface area contributed by atoms with Crippen LogP contribution in [0.1, 0.15) is 37.7 Å². The van der Waals surface area contributed by atoms with Gasteiger partial charge in [0.15, 0.2) is 0 Å². The molecule has 0 saturated carbocycles. The number of ether oxygens (including phenoxy) is 1. The van der Waals surface area contributed by atoms with Gasteiger partial charge in [-0.3, -0.25) is 0 Å². The van der Waals surface area contributed by atoms with Crippen LogP contribution in [0.15, 0.2) is 18.3 Å². The third-order valence-electron chi connectivity index (χ3n) is 2.20. The summed E-state index contributed by atoms with van der Waals surface area (Å²) in [6, 6.07) is 3.05. The van der Waals surface area contributed by atoms with Crippen molar-refractivity contribution in [3.05, 3.63) is 24.0 Å². The molecule has 0 bridgehead atoms. The fraction of sp³-hybridized carbons (Fsp3) is 0.455. The molecule has 0 saturated heterocycles. The van der Waals surface area contributed by atoms with Gasteiger partial charge >= 0.3 is 5.97 Å². The van der Waals surface area contributed by atoms with Crippen molar-refractivity contribution in [3.8, 4) is 5.75 Å². The molecule has 0 amide bonds. The number of hydrogen-bond acceptors (Lipinski definition) is 3. The fourth-order valence-electron chi connectivity index (χ4n) is 0.958. The lowest BCUT2D eigenvalue weighted by Gasteiger charge is -2.24. The van der Waals surface area contributed by atoms with Crippen molar-refractivity contribution in [1.82, 2.24) is 4.98 Å². The normalized spacial score (nSPS) is 11.1. The van der Waals surface area contributed by atoms with Crippen molar-refractivity contribution in [1.29, 1.82) is 0 Å². The van der Waals surface area contributed by atoms with Gasteiger partial charge in [0.05, 0.1) is 6.20 Å². The second kappa shape index (κ2) is 4.29. The molecule has 4 heteroatoms. The Hall–Kier alpha value is -1.58. The molecule has 82 valence electrons. The minimum Gasteiger partial charge on any atom is -0.486 e. The first-order valence-electron chi connectivity index (χ1n) is 4.83. The maximum atomic E-state index is 10.6. The van der Waals surface area contributed by atoms with Crippen molar-refractivity contribution >= 4 is 5.97 Å². The average molecular weight is 209 g/mol. The van der Waals surface area contributed by atoms with Crippen LogP contribution < -0.4 is 4.74 Å². The third kappa shape index (κ3) is 3.23. The zero-order valence-electron chi connectivity index (χ0n) is 9.15. The Balaban J connectivity index is 2.77. The van der Waals surface area contributed by atoms with Crippen LogP contribution in [0.25, 0.3) is 0 Å². The summed E-state index contributed by atoms with van der Waals surface area (Å²) in [7, 11) is 0. The summed E-state index contributed by atoms with van der Waals surface area (Å²) in [5, 5.41) is 8.65. The average Bonchev–Trinajstić information content (AvgIpc) is 2.18. The summed E-state index contributed by atoms with van der Waals surface area (Å²) in [6.45, 7) is 5.97. The molecule has 0 unspecified atom stereocenters. The monoisotopic (exact) mass is 209 g/mol. The van der Waals surface area contributed by atoms with Crippen LogP contribution in [0, 0.1) is 0 Å². The van der Waals surface area contributed by atoms with Crippen molar-refractivity contribution < 1.29 is 14.6 Å². The van der Waals surface area contributed by atoms with E-state index in [-0.39, 0.29) is 11.3 Å². The third-order valence-corrected chi connectivity index (χ3v) is 2.20. The summed E-state index contributed by atoms with van der Waals surface area (Å²) < 4.78 is 5.63. The molecule has 1 N–H and O–H groups in total. The molecule has 1 heterocycles. The van der Waals surface area contributed by atoms with E-state index in [0.29, 0.717) is 5.75 Å². The van der Waals surface area contributed by atoms with Gasteiger partial charge in [0.25, 0.3) is 0 Å². The summed E-state index contributed by atoms with van der Waals surface area (Å²) >= 11 is 0. The number of pyridine rings is 1. The minimum atomic E-state index is -1.03. The number of carboxylic acids is 1. The van der Waals surface area contributed by atoms with Gasteiger partial charge in [-0.15, -0.1) is 0 Å². The molecule has 0 aliphatic carbocycles. The highest BCUT2D eigenvalue weighted by Gasteiger charge is 2.17. The predicted octanol–water partition coefficient (Wildman–Crippen LogP) is 2.35. The zero-order valence-corrected chi connectivity index (χ0v) is 9.15.